The summed E-state index contributed by atoms with van der Waals surface area (Å²) in [5, 5.41) is 0. The van der Waals surface area contributed by atoms with Crippen LogP contribution < -0.4 is 5.73 Å². The van der Waals surface area contributed by atoms with Crippen LogP contribution in [0.3, 0.4) is 0 Å². The van der Waals surface area contributed by atoms with Gasteiger partial charge in [-0.3, -0.25) is 0 Å². The Balaban J connectivity index is 1.88. The largest absolute Gasteiger partial charge is 0.381 e. The lowest BCUT2D eigenvalue weighted by atomic mass is 9.68. The molecule has 1 aliphatic heterocycles. The first-order valence-electron chi connectivity index (χ1n) is 7.34. The molecule has 0 saturated carbocycles. The van der Waals surface area contributed by atoms with Gasteiger partial charge in [0, 0.05) is 29.5 Å². The zero-order valence-electron chi connectivity index (χ0n) is 11.9. The van der Waals surface area contributed by atoms with Crippen molar-refractivity contribution in [3.8, 4) is 0 Å². The third-order valence-electron chi connectivity index (χ3n) is 4.49. The van der Waals surface area contributed by atoms with Gasteiger partial charge in [0.1, 0.15) is 0 Å². The predicted molar refractivity (Wildman–Crippen MR) is 89.2 cm³/mol. The van der Waals surface area contributed by atoms with Gasteiger partial charge in [0.05, 0.1) is 4.34 Å². The number of rotatable bonds is 4. The van der Waals surface area contributed by atoms with Gasteiger partial charge in [-0.2, -0.15) is 0 Å². The first-order chi connectivity index (χ1) is 10.2. The average Bonchev–Trinajstić information content (AvgIpc) is 2.94. The zero-order chi connectivity index (χ0) is 14.7. The van der Waals surface area contributed by atoms with Crippen molar-refractivity contribution in [2.45, 2.75) is 30.7 Å². The minimum Gasteiger partial charge on any atom is -0.381 e. The number of ether oxygens (including phenoxy) is 1. The fourth-order valence-corrected chi connectivity index (χ4v) is 4.40. The van der Waals surface area contributed by atoms with E-state index in [0.717, 1.165) is 36.8 Å². The Bertz CT molecular complexity index is 577. The molecule has 2 N–H and O–H groups in total. The lowest BCUT2D eigenvalue weighted by Crippen LogP contribution is -2.50. The fourth-order valence-electron chi connectivity index (χ4n) is 3.25. The number of benzene rings is 1. The molecule has 2 aromatic rings. The smallest absolute Gasteiger partial charge is 0.0931 e. The molecule has 21 heavy (non-hydrogen) atoms. The van der Waals surface area contributed by atoms with Crippen LogP contribution in [-0.4, -0.2) is 19.3 Å². The highest BCUT2D eigenvalue weighted by atomic mass is 35.5. The van der Waals surface area contributed by atoms with Crippen LogP contribution in [0.1, 0.15) is 23.3 Å². The Hall–Kier alpha value is -0.870. The molecule has 0 spiro atoms. The van der Waals surface area contributed by atoms with Crippen molar-refractivity contribution in [2.24, 2.45) is 5.73 Å². The second kappa shape index (κ2) is 6.49. The third kappa shape index (κ3) is 3.16. The van der Waals surface area contributed by atoms with Crippen LogP contribution in [0, 0.1) is 0 Å². The van der Waals surface area contributed by atoms with Crippen LogP contribution in [0.15, 0.2) is 42.5 Å². The van der Waals surface area contributed by atoms with Gasteiger partial charge in [-0.1, -0.05) is 41.9 Å². The summed E-state index contributed by atoms with van der Waals surface area (Å²) in [6.07, 6.45) is 2.83. The molecular weight excluding hydrogens is 302 g/mol. The van der Waals surface area contributed by atoms with Gasteiger partial charge in [0.15, 0.2) is 0 Å². The molecule has 1 atom stereocenters. The van der Waals surface area contributed by atoms with E-state index in [2.05, 4.69) is 36.4 Å². The minimum absolute atomic E-state index is 0.00990. The van der Waals surface area contributed by atoms with Crippen molar-refractivity contribution in [3.63, 3.8) is 0 Å². The molecule has 0 aliphatic carbocycles. The second-order valence-corrected chi connectivity index (χ2v) is 7.45. The summed E-state index contributed by atoms with van der Waals surface area (Å²) in [5.74, 6) is 0. The van der Waals surface area contributed by atoms with Crippen LogP contribution in [0.25, 0.3) is 0 Å². The molecule has 1 aromatic heterocycles. The van der Waals surface area contributed by atoms with Gasteiger partial charge < -0.3 is 10.5 Å². The van der Waals surface area contributed by atoms with Gasteiger partial charge >= 0.3 is 0 Å². The molecule has 1 aromatic carbocycles. The number of hydrogen-bond donors (Lipinski definition) is 1. The number of thiophene rings is 1. The summed E-state index contributed by atoms with van der Waals surface area (Å²) in [6, 6.07) is 14.8. The maximum Gasteiger partial charge on any atom is 0.0931 e. The Morgan fingerprint density at radius 2 is 1.86 bits per heavy atom. The highest BCUT2D eigenvalue weighted by Gasteiger charge is 2.40. The van der Waals surface area contributed by atoms with Gasteiger partial charge in [-0.05, 0) is 37.0 Å². The van der Waals surface area contributed by atoms with E-state index in [1.54, 1.807) is 11.3 Å². The highest BCUT2D eigenvalue weighted by Crippen LogP contribution is 2.39. The molecule has 3 rings (SSSR count). The highest BCUT2D eigenvalue weighted by molar-refractivity contribution is 7.16. The van der Waals surface area contributed by atoms with Gasteiger partial charge in [0.25, 0.3) is 0 Å². The standard InChI is InChI=1S/C17H20ClNOS/c18-16-7-6-14(21-16)12-15(19)17(8-10-20-11-9-17)13-4-2-1-3-5-13/h1-7,15H,8-12,19H2. The fraction of sp³-hybridized carbons (Fsp3) is 0.412. The van der Waals surface area contributed by atoms with E-state index in [-0.39, 0.29) is 11.5 Å². The van der Waals surface area contributed by atoms with E-state index in [0.29, 0.717) is 0 Å². The normalized spacial score (nSPS) is 19.3. The lowest BCUT2D eigenvalue weighted by molar-refractivity contribution is 0.0401. The molecular formula is C17H20ClNOS. The zero-order valence-corrected chi connectivity index (χ0v) is 13.5. The van der Waals surface area contributed by atoms with Crippen molar-refractivity contribution in [1.82, 2.24) is 0 Å². The van der Waals surface area contributed by atoms with Crippen LogP contribution in [-0.2, 0) is 16.6 Å². The van der Waals surface area contributed by atoms with Gasteiger partial charge in [-0.25, -0.2) is 0 Å². The van der Waals surface area contributed by atoms with Crippen LogP contribution in [0.5, 0.6) is 0 Å². The summed E-state index contributed by atoms with van der Waals surface area (Å²) in [5.41, 5.74) is 8.01. The van der Waals surface area contributed by atoms with Gasteiger partial charge in [0.2, 0.25) is 0 Å². The monoisotopic (exact) mass is 321 g/mol. The van der Waals surface area contributed by atoms with E-state index >= 15 is 0 Å². The van der Waals surface area contributed by atoms with Crippen LogP contribution >= 0.6 is 22.9 Å². The van der Waals surface area contributed by atoms with Crippen LogP contribution in [0.4, 0.5) is 0 Å². The Morgan fingerprint density at radius 3 is 2.48 bits per heavy atom. The van der Waals surface area contributed by atoms with E-state index in [1.807, 2.05) is 6.07 Å². The summed E-state index contributed by atoms with van der Waals surface area (Å²) in [4.78, 5) is 1.26. The minimum atomic E-state index is 0.00990. The average molecular weight is 322 g/mol. The maximum atomic E-state index is 6.66. The lowest BCUT2D eigenvalue weighted by Gasteiger charge is -2.42. The Labute approximate surface area is 134 Å². The Kier molecular flexibility index (Phi) is 4.65. The molecule has 0 radical (unpaired) electrons. The van der Waals surface area contributed by atoms with Crippen molar-refractivity contribution in [3.05, 3.63) is 57.2 Å². The summed E-state index contributed by atoms with van der Waals surface area (Å²) >= 11 is 7.67. The second-order valence-electron chi connectivity index (χ2n) is 5.65. The first kappa shape index (κ1) is 15.0. The molecule has 0 amide bonds. The molecule has 1 fully saturated rings. The SMILES string of the molecule is NC(Cc1ccc(Cl)s1)C1(c2ccccc2)CCOCC1. The predicted octanol–water partition coefficient (Wildman–Crippen LogP) is 4.02. The van der Waals surface area contributed by atoms with E-state index in [9.17, 15) is 0 Å². The van der Waals surface area contributed by atoms with Crippen LogP contribution in [0.2, 0.25) is 4.34 Å². The number of halogens is 1. The number of hydrogen-bond acceptors (Lipinski definition) is 3. The first-order valence-corrected chi connectivity index (χ1v) is 8.53. The molecule has 1 aliphatic rings. The maximum absolute atomic E-state index is 6.66. The van der Waals surface area contributed by atoms with Crippen molar-refractivity contribution < 1.29 is 4.74 Å². The van der Waals surface area contributed by atoms with E-state index in [4.69, 9.17) is 22.1 Å². The van der Waals surface area contributed by atoms with E-state index < -0.39 is 0 Å². The topological polar surface area (TPSA) is 35.2 Å². The molecule has 2 heterocycles. The van der Waals surface area contributed by atoms with Crippen molar-refractivity contribution in [2.75, 3.05) is 13.2 Å². The quantitative estimate of drug-likeness (QED) is 0.923. The van der Waals surface area contributed by atoms with E-state index in [1.165, 1.54) is 10.4 Å². The summed E-state index contributed by atoms with van der Waals surface area (Å²) in [6.45, 7) is 1.57. The molecule has 1 unspecified atom stereocenters. The van der Waals surface area contributed by atoms with Gasteiger partial charge in [-0.15, -0.1) is 11.3 Å². The molecule has 0 bridgehead atoms. The van der Waals surface area contributed by atoms with Crippen molar-refractivity contribution in [1.29, 1.82) is 0 Å². The summed E-state index contributed by atoms with van der Waals surface area (Å²) < 4.78 is 6.41. The molecule has 112 valence electrons. The molecule has 2 nitrogen and oxygen atoms in total. The Morgan fingerprint density at radius 1 is 1.14 bits per heavy atom. The summed E-state index contributed by atoms with van der Waals surface area (Å²) in [7, 11) is 0. The van der Waals surface area contributed by atoms with Crippen molar-refractivity contribution >= 4 is 22.9 Å². The number of nitrogens with two attached hydrogens (primary N) is 1. The molecule has 1 saturated heterocycles. The molecule has 4 heteroatoms. The third-order valence-corrected chi connectivity index (χ3v) is 5.75.